The van der Waals surface area contributed by atoms with Crippen LogP contribution in [0.25, 0.3) is 0 Å². The summed E-state index contributed by atoms with van der Waals surface area (Å²) in [5.41, 5.74) is 7.78. The van der Waals surface area contributed by atoms with Gasteiger partial charge < -0.3 is 11.1 Å². The van der Waals surface area contributed by atoms with Crippen LogP contribution in [-0.2, 0) is 6.42 Å². The van der Waals surface area contributed by atoms with Crippen LogP contribution < -0.4 is 11.1 Å². The molecule has 0 bridgehead atoms. The zero-order valence-corrected chi connectivity index (χ0v) is 10.2. The number of pyridine rings is 1. The minimum absolute atomic E-state index is 0.176. The molecular formula is C14H15N3O. The maximum Gasteiger partial charge on any atom is 0.255 e. The largest absolute Gasteiger partial charge is 0.384 e. The SMILES string of the molecule is CCc1cc(C(=O)Nc2ccccc2)cc(N)n1. The van der Waals surface area contributed by atoms with Crippen molar-refractivity contribution in [3.63, 3.8) is 0 Å². The van der Waals surface area contributed by atoms with Crippen molar-refractivity contribution < 1.29 is 4.79 Å². The summed E-state index contributed by atoms with van der Waals surface area (Å²) in [5, 5.41) is 2.81. The molecule has 0 aliphatic heterocycles. The number of nitrogens with two attached hydrogens (primary N) is 1. The zero-order chi connectivity index (χ0) is 13.0. The van der Waals surface area contributed by atoms with Crippen LogP contribution >= 0.6 is 0 Å². The van der Waals surface area contributed by atoms with Gasteiger partial charge in [-0.2, -0.15) is 0 Å². The number of hydrogen-bond acceptors (Lipinski definition) is 3. The van der Waals surface area contributed by atoms with Crippen LogP contribution in [0.15, 0.2) is 42.5 Å². The minimum Gasteiger partial charge on any atom is -0.384 e. The highest BCUT2D eigenvalue weighted by Crippen LogP contribution is 2.12. The lowest BCUT2D eigenvalue weighted by molar-refractivity contribution is 0.102. The molecule has 92 valence electrons. The Morgan fingerprint density at radius 2 is 2.00 bits per heavy atom. The van der Waals surface area contributed by atoms with Crippen molar-refractivity contribution in [3.8, 4) is 0 Å². The summed E-state index contributed by atoms with van der Waals surface area (Å²) in [6.45, 7) is 1.97. The lowest BCUT2D eigenvalue weighted by Crippen LogP contribution is -2.13. The fourth-order valence-corrected chi connectivity index (χ4v) is 1.65. The summed E-state index contributed by atoms with van der Waals surface area (Å²) < 4.78 is 0. The number of rotatable bonds is 3. The van der Waals surface area contributed by atoms with Crippen LogP contribution in [0.2, 0.25) is 0 Å². The van der Waals surface area contributed by atoms with Crippen LogP contribution in [0.5, 0.6) is 0 Å². The Morgan fingerprint density at radius 3 is 2.67 bits per heavy atom. The fraction of sp³-hybridized carbons (Fsp3) is 0.143. The number of carbonyl (C=O) groups excluding carboxylic acids is 1. The van der Waals surface area contributed by atoms with E-state index in [1.165, 1.54) is 0 Å². The van der Waals surface area contributed by atoms with Gasteiger partial charge in [-0.25, -0.2) is 4.98 Å². The van der Waals surface area contributed by atoms with E-state index < -0.39 is 0 Å². The number of carbonyl (C=O) groups is 1. The average molecular weight is 241 g/mol. The van der Waals surface area contributed by atoms with Crippen molar-refractivity contribution in [3.05, 3.63) is 53.7 Å². The van der Waals surface area contributed by atoms with Gasteiger partial charge in [-0.15, -0.1) is 0 Å². The second-order valence-electron chi connectivity index (χ2n) is 3.95. The highest BCUT2D eigenvalue weighted by Gasteiger charge is 2.08. The number of hydrogen-bond donors (Lipinski definition) is 2. The van der Waals surface area contributed by atoms with Gasteiger partial charge in [0, 0.05) is 16.9 Å². The van der Waals surface area contributed by atoms with Gasteiger partial charge in [0.25, 0.3) is 5.91 Å². The first kappa shape index (κ1) is 12.1. The first-order chi connectivity index (χ1) is 8.69. The molecule has 2 rings (SSSR count). The first-order valence-electron chi connectivity index (χ1n) is 5.82. The van der Waals surface area contributed by atoms with Gasteiger partial charge in [-0.3, -0.25) is 4.79 Å². The Hall–Kier alpha value is -2.36. The number of amides is 1. The van der Waals surface area contributed by atoms with Crippen molar-refractivity contribution >= 4 is 17.4 Å². The van der Waals surface area contributed by atoms with Crippen LogP contribution in [0, 0.1) is 0 Å². The number of nitrogen functional groups attached to an aromatic ring is 1. The third kappa shape index (κ3) is 2.85. The first-order valence-corrected chi connectivity index (χ1v) is 5.82. The standard InChI is InChI=1S/C14H15N3O/c1-2-11-8-10(9-13(15)16-11)14(18)17-12-6-4-3-5-7-12/h3-9H,2H2,1H3,(H2,15,16)(H,17,18). The molecule has 1 aromatic heterocycles. The summed E-state index contributed by atoms with van der Waals surface area (Å²) in [6, 6.07) is 12.6. The van der Waals surface area contributed by atoms with Gasteiger partial charge in [0.05, 0.1) is 0 Å². The highest BCUT2D eigenvalue weighted by molar-refractivity contribution is 6.04. The van der Waals surface area contributed by atoms with Crippen LogP contribution in [0.1, 0.15) is 23.0 Å². The molecule has 4 heteroatoms. The molecule has 0 saturated heterocycles. The van der Waals surface area contributed by atoms with Gasteiger partial charge in [0.15, 0.2) is 0 Å². The van der Waals surface area contributed by atoms with Crippen LogP contribution in [0.3, 0.4) is 0 Å². The van der Waals surface area contributed by atoms with Gasteiger partial charge in [-0.05, 0) is 30.7 Å². The molecule has 0 radical (unpaired) electrons. The Kier molecular flexibility index (Phi) is 3.57. The lowest BCUT2D eigenvalue weighted by Gasteiger charge is -2.07. The summed E-state index contributed by atoms with van der Waals surface area (Å²) in [6.07, 6.45) is 0.747. The van der Waals surface area contributed by atoms with Crippen molar-refractivity contribution in [2.45, 2.75) is 13.3 Å². The number of nitrogens with one attached hydrogen (secondary N) is 1. The summed E-state index contributed by atoms with van der Waals surface area (Å²) in [7, 11) is 0. The lowest BCUT2D eigenvalue weighted by atomic mass is 10.1. The van der Waals surface area contributed by atoms with Gasteiger partial charge >= 0.3 is 0 Å². The smallest absolute Gasteiger partial charge is 0.255 e. The Morgan fingerprint density at radius 1 is 1.28 bits per heavy atom. The molecule has 0 spiro atoms. The second-order valence-corrected chi connectivity index (χ2v) is 3.95. The van der Waals surface area contributed by atoms with Crippen LogP contribution in [-0.4, -0.2) is 10.9 Å². The monoisotopic (exact) mass is 241 g/mol. The topological polar surface area (TPSA) is 68.0 Å². The number of para-hydroxylation sites is 1. The van der Waals surface area contributed by atoms with Crippen molar-refractivity contribution in [2.75, 3.05) is 11.1 Å². The van der Waals surface area contributed by atoms with Gasteiger partial charge in [0.2, 0.25) is 0 Å². The third-order valence-electron chi connectivity index (χ3n) is 2.55. The van der Waals surface area contributed by atoms with Crippen molar-refractivity contribution in [1.82, 2.24) is 4.98 Å². The zero-order valence-electron chi connectivity index (χ0n) is 10.2. The quantitative estimate of drug-likeness (QED) is 0.867. The predicted octanol–water partition coefficient (Wildman–Crippen LogP) is 2.48. The van der Waals surface area contributed by atoms with Crippen molar-refractivity contribution in [2.24, 2.45) is 0 Å². The molecule has 0 unspecified atom stereocenters. The number of nitrogens with zero attached hydrogens (tertiary/aromatic N) is 1. The number of anilines is 2. The molecule has 0 fully saturated rings. The van der Waals surface area contributed by atoms with E-state index >= 15 is 0 Å². The highest BCUT2D eigenvalue weighted by atomic mass is 16.1. The Balaban J connectivity index is 2.21. The van der Waals surface area contributed by atoms with E-state index in [0.29, 0.717) is 11.4 Å². The molecule has 4 nitrogen and oxygen atoms in total. The van der Waals surface area contributed by atoms with E-state index in [9.17, 15) is 4.79 Å². The molecule has 1 aromatic carbocycles. The summed E-state index contributed by atoms with van der Waals surface area (Å²) in [4.78, 5) is 16.2. The second kappa shape index (κ2) is 5.31. The van der Waals surface area contributed by atoms with E-state index in [1.807, 2.05) is 37.3 Å². The maximum atomic E-state index is 12.0. The summed E-state index contributed by atoms with van der Waals surface area (Å²) >= 11 is 0. The molecule has 1 amide bonds. The molecule has 3 N–H and O–H groups in total. The van der Waals surface area contributed by atoms with E-state index in [2.05, 4.69) is 10.3 Å². The Bertz CT molecular complexity index is 552. The number of aryl methyl sites for hydroxylation is 1. The molecule has 0 saturated carbocycles. The summed E-state index contributed by atoms with van der Waals surface area (Å²) in [5.74, 6) is 0.192. The fourth-order valence-electron chi connectivity index (χ4n) is 1.65. The Labute approximate surface area is 106 Å². The molecule has 0 atom stereocenters. The normalized spacial score (nSPS) is 10.1. The van der Waals surface area contributed by atoms with Crippen molar-refractivity contribution in [1.29, 1.82) is 0 Å². The average Bonchev–Trinajstić information content (AvgIpc) is 2.39. The number of benzene rings is 1. The predicted molar refractivity (Wildman–Crippen MR) is 72.4 cm³/mol. The van der Waals surface area contributed by atoms with E-state index in [1.54, 1.807) is 12.1 Å². The van der Waals surface area contributed by atoms with E-state index in [0.717, 1.165) is 17.8 Å². The molecule has 2 aromatic rings. The van der Waals surface area contributed by atoms with Gasteiger partial charge in [-0.1, -0.05) is 25.1 Å². The molecule has 18 heavy (non-hydrogen) atoms. The molecular weight excluding hydrogens is 226 g/mol. The molecule has 0 aliphatic carbocycles. The van der Waals surface area contributed by atoms with E-state index in [4.69, 9.17) is 5.73 Å². The minimum atomic E-state index is -0.176. The molecule has 1 heterocycles. The molecule has 0 aliphatic rings. The van der Waals surface area contributed by atoms with Crippen LogP contribution in [0.4, 0.5) is 11.5 Å². The third-order valence-corrected chi connectivity index (χ3v) is 2.55. The maximum absolute atomic E-state index is 12.0. The number of aromatic nitrogens is 1. The van der Waals surface area contributed by atoms with E-state index in [-0.39, 0.29) is 5.91 Å². The van der Waals surface area contributed by atoms with Gasteiger partial charge in [0.1, 0.15) is 5.82 Å².